The van der Waals surface area contributed by atoms with Crippen molar-refractivity contribution in [1.82, 2.24) is 19.9 Å². The van der Waals surface area contributed by atoms with E-state index in [4.69, 9.17) is 9.72 Å². The molecule has 3 N–H and O–H groups in total. The molecular weight excluding hydrogens is 430 g/mol. The summed E-state index contributed by atoms with van der Waals surface area (Å²) in [4.78, 5) is 31.1. The van der Waals surface area contributed by atoms with Crippen molar-refractivity contribution in [2.24, 2.45) is 5.92 Å². The SMILES string of the molecule is CC(C)C(=O)Nc1ccc(-c2nc(Nc3ccc(N4CCOCC4)cc3)nc3nc[nH]c23)cc1. The number of ether oxygens (including phenoxy) is 1. The van der Waals surface area contributed by atoms with Gasteiger partial charge < -0.3 is 25.3 Å². The van der Waals surface area contributed by atoms with E-state index in [0.717, 1.165) is 54.5 Å². The highest BCUT2D eigenvalue weighted by Gasteiger charge is 2.14. The van der Waals surface area contributed by atoms with Gasteiger partial charge in [-0.3, -0.25) is 4.79 Å². The maximum Gasteiger partial charge on any atom is 0.229 e. The largest absolute Gasteiger partial charge is 0.378 e. The first kappa shape index (κ1) is 21.8. The van der Waals surface area contributed by atoms with Crippen molar-refractivity contribution in [2.45, 2.75) is 13.8 Å². The zero-order valence-electron chi connectivity index (χ0n) is 19.2. The van der Waals surface area contributed by atoms with E-state index >= 15 is 0 Å². The molecule has 174 valence electrons. The number of hydrogen-bond donors (Lipinski definition) is 3. The number of aromatic nitrogens is 4. The van der Waals surface area contributed by atoms with Gasteiger partial charge in [0.25, 0.3) is 0 Å². The highest BCUT2D eigenvalue weighted by atomic mass is 16.5. The fourth-order valence-corrected chi connectivity index (χ4v) is 3.80. The van der Waals surface area contributed by atoms with E-state index < -0.39 is 0 Å². The summed E-state index contributed by atoms with van der Waals surface area (Å²) in [6.45, 7) is 7.04. The molecule has 4 aromatic rings. The van der Waals surface area contributed by atoms with Crippen LogP contribution in [0.1, 0.15) is 13.8 Å². The summed E-state index contributed by atoms with van der Waals surface area (Å²) < 4.78 is 5.44. The van der Waals surface area contributed by atoms with Crippen LogP contribution in [0.15, 0.2) is 54.9 Å². The molecule has 0 spiro atoms. The Labute approximate surface area is 197 Å². The van der Waals surface area contributed by atoms with Crippen molar-refractivity contribution in [3.05, 3.63) is 54.9 Å². The molecule has 0 unspecified atom stereocenters. The lowest BCUT2D eigenvalue weighted by molar-refractivity contribution is -0.118. The molecule has 1 aliphatic heterocycles. The van der Waals surface area contributed by atoms with Gasteiger partial charge in [-0.05, 0) is 36.4 Å². The molecule has 3 heterocycles. The fraction of sp³-hybridized carbons (Fsp3) is 0.280. The van der Waals surface area contributed by atoms with Gasteiger partial charge >= 0.3 is 0 Å². The Morgan fingerprint density at radius 3 is 2.41 bits per heavy atom. The second-order valence-electron chi connectivity index (χ2n) is 8.49. The van der Waals surface area contributed by atoms with E-state index in [0.29, 0.717) is 11.6 Å². The number of aromatic amines is 1. The Kier molecular flexibility index (Phi) is 6.09. The lowest BCUT2D eigenvalue weighted by Crippen LogP contribution is -2.36. The van der Waals surface area contributed by atoms with Gasteiger partial charge in [-0.15, -0.1) is 0 Å². The van der Waals surface area contributed by atoms with Crippen LogP contribution in [0.2, 0.25) is 0 Å². The molecule has 1 fully saturated rings. The second-order valence-corrected chi connectivity index (χ2v) is 8.49. The van der Waals surface area contributed by atoms with Crippen LogP contribution >= 0.6 is 0 Å². The van der Waals surface area contributed by atoms with E-state index in [-0.39, 0.29) is 11.8 Å². The van der Waals surface area contributed by atoms with Crippen LogP contribution in [0.3, 0.4) is 0 Å². The molecule has 9 heteroatoms. The third-order valence-corrected chi connectivity index (χ3v) is 5.74. The van der Waals surface area contributed by atoms with Crippen LogP contribution in [0, 0.1) is 5.92 Å². The molecule has 0 radical (unpaired) electrons. The lowest BCUT2D eigenvalue weighted by Gasteiger charge is -2.28. The van der Waals surface area contributed by atoms with Crippen molar-refractivity contribution in [2.75, 3.05) is 41.8 Å². The van der Waals surface area contributed by atoms with E-state index in [1.807, 2.05) is 50.2 Å². The molecule has 1 amide bonds. The predicted molar refractivity (Wildman–Crippen MR) is 133 cm³/mol. The summed E-state index contributed by atoms with van der Waals surface area (Å²) in [5.74, 6) is 0.366. The van der Waals surface area contributed by atoms with Crippen LogP contribution < -0.4 is 15.5 Å². The maximum absolute atomic E-state index is 12.0. The summed E-state index contributed by atoms with van der Waals surface area (Å²) in [5.41, 5.74) is 5.77. The number of carbonyl (C=O) groups is 1. The molecule has 5 rings (SSSR count). The summed E-state index contributed by atoms with van der Waals surface area (Å²) in [6, 6.07) is 15.8. The number of anilines is 4. The third-order valence-electron chi connectivity index (χ3n) is 5.74. The molecule has 1 aliphatic rings. The van der Waals surface area contributed by atoms with Gasteiger partial charge in [0.1, 0.15) is 11.2 Å². The minimum absolute atomic E-state index is 0.0168. The Bertz CT molecular complexity index is 1280. The topological polar surface area (TPSA) is 108 Å². The zero-order chi connectivity index (χ0) is 23.5. The van der Waals surface area contributed by atoms with Gasteiger partial charge in [-0.2, -0.15) is 4.98 Å². The predicted octanol–water partition coefficient (Wildman–Crippen LogP) is 4.19. The minimum atomic E-state index is -0.0808. The van der Waals surface area contributed by atoms with Gasteiger partial charge in [0.05, 0.1) is 19.5 Å². The van der Waals surface area contributed by atoms with Gasteiger partial charge in [-0.25, -0.2) is 9.97 Å². The summed E-state index contributed by atoms with van der Waals surface area (Å²) in [6.07, 6.45) is 1.61. The van der Waals surface area contributed by atoms with E-state index in [1.165, 1.54) is 5.69 Å². The lowest BCUT2D eigenvalue weighted by atomic mass is 10.1. The monoisotopic (exact) mass is 457 g/mol. The Morgan fingerprint density at radius 2 is 1.71 bits per heavy atom. The van der Waals surface area contributed by atoms with Crippen molar-refractivity contribution in [3.8, 4) is 11.3 Å². The number of nitrogens with one attached hydrogen (secondary N) is 3. The molecule has 1 saturated heterocycles. The first-order valence-corrected chi connectivity index (χ1v) is 11.4. The van der Waals surface area contributed by atoms with Crippen molar-refractivity contribution in [1.29, 1.82) is 0 Å². The first-order valence-electron chi connectivity index (χ1n) is 11.4. The second kappa shape index (κ2) is 9.48. The zero-order valence-corrected chi connectivity index (χ0v) is 19.2. The van der Waals surface area contributed by atoms with E-state index in [9.17, 15) is 4.79 Å². The average Bonchev–Trinajstić information content (AvgIpc) is 3.34. The number of benzene rings is 2. The van der Waals surface area contributed by atoms with Crippen LogP contribution in [0.5, 0.6) is 0 Å². The normalized spacial score (nSPS) is 13.9. The molecule has 34 heavy (non-hydrogen) atoms. The number of imidazole rings is 1. The number of amides is 1. The Balaban J connectivity index is 1.38. The van der Waals surface area contributed by atoms with Crippen molar-refractivity contribution < 1.29 is 9.53 Å². The first-order chi connectivity index (χ1) is 16.6. The number of nitrogens with zero attached hydrogens (tertiary/aromatic N) is 4. The number of rotatable bonds is 6. The molecule has 0 atom stereocenters. The van der Waals surface area contributed by atoms with Crippen molar-refractivity contribution in [3.63, 3.8) is 0 Å². The smallest absolute Gasteiger partial charge is 0.229 e. The minimum Gasteiger partial charge on any atom is -0.378 e. The molecule has 0 bridgehead atoms. The maximum atomic E-state index is 12.0. The standard InChI is InChI=1S/C25H27N7O2/c1-16(2)24(33)28-18-5-3-17(4-6-18)21-22-23(27-15-26-22)31-25(30-21)29-19-7-9-20(10-8-19)32-11-13-34-14-12-32/h3-10,15-16H,11-14H2,1-2H3,(H,28,33)(H2,26,27,29,30,31). The quantitative estimate of drug-likeness (QED) is 0.398. The molecule has 9 nitrogen and oxygen atoms in total. The average molecular weight is 458 g/mol. The molecule has 0 saturated carbocycles. The van der Waals surface area contributed by atoms with Crippen LogP contribution in [-0.4, -0.2) is 52.1 Å². The number of H-pyrrole nitrogens is 1. The molecule has 2 aromatic heterocycles. The van der Waals surface area contributed by atoms with Crippen molar-refractivity contribution >= 4 is 40.1 Å². The number of carbonyl (C=O) groups excluding carboxylic acids is 1. The van der Waals surface area contributed by atoms with E-state index in [2.05, 4.69) is 42.6 Å². The highest BCUT2D eigenvalue weighted by molar-refractivity contribution is 5.93. The van der Waals surface area contributed by atoms with Gasteiger partial charge in [-0.1, -0.05) is 26.0 Å². The summed E-state index contributed by atoms with van der Waals surface area (Å²) in [7, 11) is 0. The van der Waals surface area contributed by atoms with E-state index in [1.54, 1.807) is 6.33 Å². The van der Waals surface area contributed by atoms with Crippen LogP contribution in [-0.2, 0) is 9.53 Å². The van der Waals surface area contributed by atoms with Gasteiger partial charge in [0.2, 0.25) is 11.9 Å². The van der Waals surface area contributed by atoms with Crippen LogP contribution in [0.4, 0.5) is 23.0 Å². The van der Waals surface area contributed by atoms with Gasteiger partial charge in [0, 0.05) is 41.6 Å². The number of fused-ring (bicyclic) bond motifs is 1. The Morgan fingerprint density at radius 1 is 1.00 bits per heavy atom. The third kappa shape index (κ3) is 4.69. The number of morpholine rings is 1. The molecule has 2 aromatic carbocycles. The fourth-order valence-electron chi connectivity index (χ4n) is 3.80. The summed E-state index contributed by atoms with van der Waals surface area (Å²) >= 11 is 0. The van der Waals surface area contributed by atoms with Gasteiger partial charge in [0.15, 0.2) is 5.65 Å². The molecule has 0 aliphatic carbocycles. The number of hydrogen-bond acceptors (Lipinski definition) is 7. The Hall–Kier alpha value is -3.98. The van der Waals surface area contributed by atoms with Crippen LogP contribution in [0.25, 0.3) is 22.4 Å². The summed E-state index contributed by atoms with van der Waals surface area (Å²) in [5, 5.41) is 6.21. The highest BCUT2D eigenvalue weighted by Crippen LogP contribution is 2.28. The molecular formula is C25H27N7O2.